The van der Waals surface area contributed by atoms with E-state index in [4.69, 9.17) is 10.1 Å². The summed E-state index contributed by atoms with van der Waals surface area (Å²) in [5, 5.41) is 17.9. The molecule has 0 amide bonds. The van der Waals surface area contributed by atoms with Crippen molar-refractivity contribution < 1.29 is 9.90 Å². The molecule has 2 N–H and O–H groups in total. The average molecular weight is 419 g/mol. The maximum Gasteiger partial charge on any atom is 0.163 e. The Balaban J connectivity index is 1.92. The van der Waals surface area contributed by atoms with Gasteiger partial charge in [-0.3, -0.25) is 4.79 Å². The predicted octanol–water partition coefficient (Wildman–Crippen LogP) is 4.09. The Morgan fingerprint density at radius 2 is 1.80 bits per heavy atom. The normalized spacial score (nSPS) is 16.2. The largest absolute Gasteiger partial charge is 0.385 e. The van der Waals surface area contributed by atoms with E-state index in [9.17, 15) is 9.90 Å². The van der Waals surface area contributed by atoms with Crippen LogP contribution in [0.4, 0.5) is 0 Å². The molecule has 3 aromatic rings. The Kier molecular flexibility index (Phi) is 5.83. The van der Waals surface area contributed by atoms with Crippen LogP contribution in [0.5, 0.6) is 0 Å². The van der Waals surface area contributed by atoms with E-state index in [1.807, 2.05) is 78.5 Å². The zero-order valence-electron chi connectivity index (χ0n) is 16.7. The van der Waals surface area contributed by atoms with Crippen LogP contribution in [-0.2, 0) is 4.79 Å². The minimum atomic E-state index is -0.509. The van der Waals surface area contributed by atoms with Crippen molar-refractivity contribution in [1.29, 1.82) is 0 Å². The van der Waals surface area contributed by atoms with E-state index in [-0.39, 0.29) is 11.7 Å². The number of ketones is 1. The average Bonchev–Trinajstić information content (AvgIpc) is 3.20. The molecule has 1 aliphatic rings. The minimum Gasteiger partial charge on any atom is -0.385 e. The molecular weight excluding hydrogens is 396 g/mol. The Hall–Kier alpha value is -3.16. The van der Waals surface area contributed by atoms with Crippen molar-refractivity contribution in [3.05, 3.63) is 83.7 Å². The van der Waals surface area contributed by atoms with Crippen molar-refractivity contribution in [2.75, 3.05) is 5.94 Å². The highest BCUT2D eigenvalue weighted by atomic mass is 32.2. The molecule has 0 saturated carbocycles. The van der Waals surface area contributed by atoms with E-state index in [2.05, 4.69) is 5.32 Å². The lowest BCUT2D eigenvalue weighted by Gasteiger charge is -2.25. The number of aromatic nitrogens is 2. The summed E-state index contributed by atoms with van der Waals surface area (Å²) in [5.74, 6) is -0.149. The van der Waals surface area contributed by atoms with Gasteiger partial charge in [0.05, 0.1) is 17.3 Å². The number of nitrogens with one attached hydrogen (secondary N) is 1. The number of aliphatic hydroxyl groups excluding tert-OH is 1. The van der Waals surface area contributed by atoms with E-state index in [0.29, 0.717) is 10.7 Å². The van der Waals surface area contributed by atoms with Gasteiger partial charge in [-0.2, -0.15) is 5.10 Å². The molecule has 6 nitrogen and oxygen atoms in total. The van der Waals surface area contributed by atoms with Crippen molar-refractivity contribution in [1.82, 2.24) is 15.1 Å². The lowest BCUT2D eigenvalue weighted by Crippen LogP contribution is -2.29. The third-order valence-corrected chi connectivity index (χ3v) is 5.51. The molecule has 1 unspecified atom stereocenters. The summed E-state index contributed by atoms with van der Waals surface area (Å²) in [5.41, 5.74) is 4.83. The highest BCUT2D eigenvalue weighted by molar-refractivity contribution is 8.13. The van der Waals surface area contributed by atoms with Gasteiger partial charge in [0.15, 0.2) is 11.0 Å². The summed E-state index contributed by atoms with van der Waals surface area (Å²) in [6, 6.07) is 19.2. The molecule has 1 aromatic heterocycles. The molecule has 0 bridgehead atoms. The molecule has 0 spiro atoms. The van der Waals surface area contributed by atoms with E-state index < -0.39 is 6.04 Å². The maximum atomic E-state index is 12.5. The Morgan fingerprint density at radius 3 is 2.43 bits per heavy atom. The number of carbonyl (C=O) groups is 1. The van der Waals surface area contributed by atoms with Crippen molar-refractivity contribution in [3.8, 4) is 16.9 Å². The smallest absolute Gasteiger partial charge is 0.163 e. The molecule has 0 fully saturated rings. The summed E-state index contributed by atoms with van der Waals surface area (Å²) < 4.78 is 1.82. The van der Waals surface area contributed by atoms with Crippen LogP contribution in [0.2, 0.25) is 0 Å². The first-order valence-electron chi connectivity index (χ1n) is 9.59. The Morgan fingerprint density at radius 1 is 1.13 bits per heavy atom. The van der Waals surface area contributed by atoms with Gasteiger partial charge >= 0.3 is 0 Å². The summed E-state index contributed by atoms with van der Waals surface area (Å²) in [4.78, 5) is 17.3. The van der Waals surface area contributed by atoms with E-state index in [1.165, 1.54) is 11.8 Å². The Bertz CT molecular complexity index is 1120. The summed E-state index contributed by atoms with van der Waals surface area (Å²) in [6.45, 7) is 3.41. The summed E-state index contributed by atoms with van der Waals surface area (Å²) in [6.07, 6.45) is 1.94. The van der Waals surface area contributed by atoms with Gasteiger partial charge in [0.25, 0.3) is 0 Å². The lowest BCUT2D eigenvalue weighted by atomic mass is 9.92. The third kappa shape index (κ3) is 3.94. The van der Waals surface area contributed by atoms with Crippen LogP contribution < -0.4 is 5.32 Å². The molecular formula is C23H22N4O2S. The number of benzene rings is 2. The SMILES string of the molecule is CC(=O)C1=C(C)NC(SCO)=NC1c1cn(-c2ccccc2)nc1-c1ccccc1. The van der Waals surface area contributed by atoms with Crippen molar-refractivity contribution in [3.63, 3.8) is 0 Å². The molecule has 1 aliphatic heterocycles. The standard InChI is InChI=1S/C23H22N4O2S/c1-15-20(16(2)29)22(25-23(24-15)30-14-28)19-13-27(18-11-7-4-8-12-18)26-21(19)17-9-5-3-6-10-17/h3-13,22,28H,14H2,1-2H3,(H,24,25). The number of hydrogen-bond donors (Lipinski definition) is 2. The fourth-order valence-corrected chi connectivity index (χ4v) is 4.11. The van der Waals surface area contributed by atoms with Crippen LogP contribution in [0, 0.1) is 0 Å². The first kappa shape index (κ1) is 20.1. The van der Waals surface area contributed by atoms with Crippen molar-refractivity contribution in [2.45, 2.75) is 19.9 Å². The van der Waals surface area contributed by atoms with Crippen molar-refractivity contribution in [2.24, 2.45) is 4.99 Å². The topological polar surface area (TPSA) is 79.5 Å². The van der Waals surface area contributed by atoms with Crippen LogP contribution in [0.25, 0.3) is 16.9 Å². The number of carbonyl (C=O) groups excluding carboxylic acids is 1. The number of aliphatic imine (C=N–C) groups is 1. The number of hydrogen-bond acceptors (Lipinski definition) is 6. The Labute approximate surface area is 179 Å². The zero-order chi connectivity index (χ0) is 21.1. The number of thioether (sulfide) groups is 1. The number of para-hydroxylation sites is 1. The highest BCUT2D eigenvalue weighted by Crippen LogP contribution is 2.38. The molecule has 1 atom stereocenters. The van der Waals surface area contributed by atoms with Gasteiger partial charge in [-0.25, -0.2) is 9.67 Å². The predicted molar refractivity (Wildman–Crippen MR) is 120 cm³/mol. The number of Topliss-reactive ketones (excluding diaryl/α,β-unsaturated/α-hetero) is 1. The first-order valence-corrected chi connectivity index (χ1v) is 10.6. The van der Waals surface area contributed by atoms with Crippen LogP contribution in [0.1, 0.15) is 25.5 Å². The van der Waals surface area contributed by atoms with Gasteiger partial charge < -0.3 is 10.4 Å². The van der Waals surface area contributed by atoms with E-state index in [0.717, 1.165) is 28.2 Å². The summed E-state index contributed by atoms with van der Waals surface area (Å²) >= 11 is 1.19. The van der Waals surface area contributed by atoms with Gasteiger partial charge in [0.1, 0.15) is 6.04 Å². The molecule has 0 aliphatic carbocycles. The molecule has 4 rings (SSSR count). The zero-order valence-corrected chi connectivity index (χ0v) is 17.6. The van der Waals surface area contributed by atoms with Gasteiger partial charge in [-0.15, -0.1) is 0 Å². The fraction of sp³-hybridized carbons (Fsp3) is 0.174. The van der Waals surface area contributed by atoms with Gasteiger partial charge in [0.2, 0.25) is 0 Å². The maximum absolute atomic E-state index is 12.5. The van der Waals surface area contributed by atoms with Gasteiger partial charge in [-0.05, 0) is 26.0 Å². The molecule has 0 radical (unpaired) electrons. The molecule has 7 heteroatoms. The fourth-order valence-electron chi connectivity index (χ4n) is 3.58. The first-order chi connectivity index (χ1) is 14.6. The molecule has 30 heavy (non-hydrogen) atoms. The molecule has 0 saturated heterocycles. The minimum absolute atomic E-state index is 0.0479. The second kappa shape index (κ2) is 8.69. The third-order valence-electron chi connectivity index (χ3n) is 4.90. The van der Waals surface area contributed by atoms with Gasteiger partial charge in [0, 0.05) is 28.6 Å². The van der Waals surface area contributed by atoms with E-state index >= 15 is 0 Å². The van der Waals surface area contributed by atoms with Crippen LogP contribution in [0.15, 0.2) is 83.1 Å². The number of nitrogens with zero attached hydrogens (tertiary/aromatic N) is 3. The number of aliphatic hydroxyl groups is 1. The van der Waals surface area contributed by atoms with E-state index in [1.54, 1.807) is 6.92 Å². The molecule has 2 aromatic carbocycles. The van der Waals surface area contributed by atoms with Crippen molar-refractivity contribution >= 4 is 22.7 Å². The van der Waals surface area contributed by atoms with Gasteiger partial charge in [-0.1, -0.05) is 60.3 Å². The number of rotatable bonds is 5. The number of allylic oxidation sites excluding steroid dienone is 1. The second-order valence-electron chi connectivity index (χ2n) is 6.91. The molecule has 152 valence electrons. The lowest BCUT2D eigenvalue weighted by molar-refractivity contribution is -0.113. The van der Waals surface area contributed by atoms with Crippen LogP contribution in [0.3, 0.4) is 0 Å². The monoisotopic (exact) mass is 418 g/mol. The number of amidine groups is 1. The quantitative estimate of drug-likeness (QED) is 0.610. The second-order valence-corrected chi connectivity index (χ2v) is 7.84. The highest BCUT2D eigenvalue weighted by Gasteiger charge is 2.31. The molecule has 2 heterocycles. The van der Waals surface area contributed by atoms with Crippen LogP contribution >= 0.6 is 11.8 Å². The summed E-state index contributed by atoms with van der Waals surface area (Å²) in [7, 11) is 0. The van der Waals surface area contributed by atoms with Crippen LogP contribution in [-0.4, -0.2) is 31.8 Å².